The van der Waals surface area contributed by atoms with Crippen LogP contribution < -0.4 is 0 Å². The predicted octanol–water partition coefficient (Wildman–Crippen LogP) is 1.30. The van der Waals surface area contributed by atoms with Crippen LogP contribution in [-0.2, 0) is 19.1 Å². The van der Waals surface area contributed by atoms with E-state index in [1.165, 1.54) is 26.2 Å². The molecule has 0 aromatic heterocycles. The summed E-state index contributed by atoms with van der Waals surface area (Å²) in [5.74, 6) is -0.694. The second kappa shape index (κ2) is 6.18. The summed E-state index contributed by atoms with van der Waals surface area (Å²) in [6, 6.07) is 0. The van der Waals surface area contributed by atoms with Crippen LogP contribution in [0.15, 0.2) is 12.2 Å². The van der Waals surface area contributed by atoms with Crippen LogP contribution in [0.4, 0.5) is 0 Å². The Hall–Kier alpha value is -1.32. The van der Waals surface area contributed by atoms with Crippen molar-refractivity contribution < 1.29 is 19.1 Å². The average Bonchev–Trinajstić information content (AvgIpc) is 2.10. The van der Waals surface area contributed by atoms with Crippen LogP contribution in [0, 0.1) is 5.92 Å². The lowest BCUT2D eigenvalue weighted by atomic mass is 10.1. The summed E-state index contributed by atoms with van der Waals surface area (Å²) >= 11 is 0. The Labute approximate surface area is 83.9 Å². The highest BCUT2D eigenvalue weighted by Crippen LogP contribution is 2.08. The van der Waals surface area contributed by atoms with Gasteiger partial charge in [-0.3, -0.25) is 4.79 Å². The van der Waals surface area contributed by atoms with Gasteiger partial charge in [-0.1, -0.05) is 13.8 Å². The van der Waals surface area contributed by atoms with Crippen molar-refractivity contribution in [2.45, 2.75) is 26.9 Å². The summed E-state index contributed by atoms with van der Waals surface area (Å²) in [6.45, 7) is 5.13. The van der Waals surface area contributed by atoms with Gasteiger partial charge in [0.05, 0.1) is 7.11 Å². The number of esters is 2. The molecule has 1 atom stereocenters. The number of methoxy groups -OCH3 is 1. The minimum atomic E-state index is -0.456. The molecule has 0 heterocycles. The lowest BCUT2D eigenvalue weighted by molar-refractivity contribution is -0.146. The van der Waals surface area contributed by atoms with Gasteiger partial charge in [-0.25, -0.2) is 4.79 Å². The van der Waals surface area contributed by atoms with Crippen LogP contribution >= 0.6 is 0 Å². The fraction of sp³-hybridized carbons (Fsp3) is 0.600. The monoisotopic (exact) mass is 200 g/mol. The molecule has 14 heavy (non-hydrogen) atoms. The lowest BCUT2D eigenvalue weighted by Crippen LogP contribution is -2.20. The standard InChI is InChI=1S/C10H16O4/c1-7(2)9(14-8(3)11)5-6-10(12)13-4/h5-7,9H,1-4H3/b6-5+. The number of hydrogen-bond donors (Lipinski definition) is 0. The number of rotatable bonds is 4. The van der Waals surface area contributed by atoms with Crippen molar-refractivity contribution >= 4 is 11.9 Å². The van der Waals surface area contributed by atoms with Gasteiger partial charge in [-0.2, -0.15) is 0 Å². The van der Waals surface area contributed by atoms with Crippen molar-refractivity contribution in [1.82, 2.24) is 0 Å². The van der Waals surface area contributed by atoms with Crippen LogP contribution in [0.3, 0.4) is 0 Å². The molecule has 0 aromatic rings. The van der Waals surface area contributed by atoms with E-state index in [1.54, 1.807) is 0 Å². The van der Waals surface area contributed by atoms with E-state index in [1.807, 2.05) is 13.8 Å². The highest BCUT2D eigenvalue weighted by Gasteiger charge is 2.13. The molecule has 4 heteroatoms. The first-order chi connectivity index (χ1) is 6.47. The summed E-state index contributed by atoms with van der Waals surface area (Å²) in [5, 5.41) is 0. The molecule has 0 N–H and O–H groups in total. The van der Waals surface area contributed by atoms with Crippen LogP contribution in [0.2, 0.25) is 0 Å². The smallest absolute Gasteiger partial charge is 0.330 e. The van der Waals surface area contributed by atoms with Gasteiger partial charge in [0.1, 0.15) is 6.10 Å². The molecule has 0 rings (SSSR count). The number of carbonyl (C=O) groups is 2. The molecule has 0 saturated carbocycles. The molecule has 0 aromatic carbocycles. The topological polar surface area (TPSA) is 52.6 Å². The van der Waals surface area contributed by atoms with Crippen molar-refractivity contribution in [3.63, 3.8) is 0 Å². The van der Waals surface area contributed by atoms with Crippen molar-refractivity contribution in [2.24, 2.45) is 5.92 Å². The zero-order valence-corrected chi connectivity index (χ0v) is 8.94. The molecule has 80 valence electrons. The predicted molar refractivity (Wildman–Crippen MR) is 51.5 cm³/mol. The maximum Gasteiger partial charge on any atom is 0.330 e. The van der Waals surface area contributed by atoms with E-state index in [-0.39, 0.29) is 18.0 Å². The summed E-state index contributed by atoms with van der Waals surface area (Å²) in [6.07, 6.45) is 2.40. The first kappa shape index (κ1) is 12.7. The Kier molecular flexibility index (Phi) is 5.60. The molecule has 0 amide bonds. The SMILES string of the molecule is COC(=O)/C=C/C(OC(C)=O)C(C)C. The van der Waals surface area contributed by atoms with Crippen LogP contribution in [0.25, 0.3) is 0 Å². The van der Waals surface area contributed by atoms with Gasteiger partial charge in [-0.15, -0.1) is 0 Å². The average molecular weight is 200 g/mol. The fourth-order valence-electron chi connectivity index (χ4n) is 0.831. The highest BCUT2D eigenvalue weighted by atomic mass is 16.5. The van der Waals surface area contributed by atoms with Crippen LogP contribution in [0.5, 0.6) is 0 Å². The lowest BCUT2D eigenvalue weighted by Gasteiger charge is -2.16. The molecule has 4 nitrogen and oxygen atoms in total. The normalized spacial score (nSPS) is 12.9. The van der Waals surface area contributed by atoms with E-state index in [0.29, 0.717) is 0 Å². The van der Waals surface area contributed by atoms with Gasteiger partial charge >= 0.3 is 11.9 Å². The summed E-state index contributed by atoms with van der Waals surface area (Å²) in [7, 11) is 1.29. The van der Waals surface area contributed by atoms with E-state index in [0.717, 1.165) is 0 Å². The first-order valence-electron chi connectivity index (χ1n) is 4.40. The Balaban J connectivity index is 4.29. The van der Waals surface area contributed by atoms with E-state index in [4.69, 9.17) is 4.74 Å². The van der Waals surface area contributed by atoms with Gasteiger partial charge in [0.2, 0.25) is 0 Å². The number of hydrogen-bond acceptors (Lipinski definition) is 4. The number of ether oxygens (including phenoxy) is 2. The second-order valence-electron chi connectivity index (χ2n) is 3.20. The zero-order chi connectivity index (χ0) is 11.1. The van der Waals surface area contributed by atoms with Gasteiger partial charge in [0.25, 0.3) is 0 Å². The van der Waals surface area contributed by atoms with E-state index >= 15 is 0 Å². The third-order valence-electron chi connectivity index (χ3n) is 1.58. The van der Waals surface area contributed by atoms with Crippen molar-refractivity contribution in [1.29, 1.82) is 0 Å². The Bertz CT molecular complexity index is 230. The van der Waals surface area contributed by atoms with Gasteiger partial charge in [0, 0.05) is 13.0 Å². The van der Waals surface area contributed by atoms with E-state index < -0.39 is 5.97 Å². The molecule has 0 saturated heterocycles. The van der Waals surface area contributed by atoms with Crippen LogP contribution in [-0.4, -0.2) is 25.2 Å². The molecule has 1 unspecified atom stereocenters. The molecule has 0 bridgehead atoms. The van der Waals surface area contributed by atoms with Crippen molar-refractivity contribution in [3.05, 3.63) is 12.2 Å². The quantitative estimate of drug-likeness (QED) is 0.507. The maximum absolute atomic E-state index is 10.8. The van der Waals surface area contributed by atoms with Crippen LogP contribution in [0.1, 0.15) is 20.8 Å². The van der Waals surface area contributed by atoms with Crippen molar-refractivity contribution in [3.8, 4) is 0 Å². The summed E-state index contributed by atoms with van der Waals surface area (Å²) in [4.78, 5) is 21.5. The Morgan fingerprint density at radius 2 is 1.86 bits per heavy atom. The summed E-state index contributed by atoms with van der Waals surface area (Å²) < 4.78 is 9.39. The van der Waals surface area contributed by atoms with E-state index in [9.17, 15) is 9.59 Å². The molecule has 0 aliphatic carbocycles. The summed E-state index contributed by atoms with van der Waals surface area (Å²) in [5.41, 5.74) is 0. The Morgan fingerprint density at radius 1 is 1.29 bits per heavy atom. The second-order valence-corrected chi connectivity index (χ2v) is 3.20. The highest BCUT2D eigenvalue weighted by molar-refractivity contribution is 5.81. The van der Waals surface area contributed by atoms with Gasteiger partial charge < -0.3 is 9.47 Å². The molecule has 0 aliphatic heterocycles. The molecule has 0 aliphatic rings. The molecule has 0 spiro atoms. The Morgan fingerprint density at radius 3 is 2.21 bits per heavy atom. The third kappa shape index (κ3) is 5.35. The van der Waals surface area contributed by atoms with Gasteiger partial charge in [-0.05, 0) is 12.0 Å². The molecular weight excluding hydrogens is 184 g/mol. The first-order valence-corrected chi connectivity index (χ1v) is 4.40. The van der Waals surface area contributed by atoms with Gasteiger partial charge in [0.15, 0.2) is 0 Å². The molecule has 0 radical (unpaired) electrons. The molecule has 0 fully saturated rings. The largest absolute Gasteiger partial charge is 0.466 e. The van der Waals surface area contributed by atoms with E-state index in [2.05, 4.69) is 4.74 Å². The number of carbonyl (C=O) groups excluding carboxylic acids is 2. The minimum Gasteiger partial charge on any atom is -0.466 e. The minimum absolute atomic E-state index is 0.125. The zero-order valence-electron chi connectivity index (χ0n) is 8.94. The molecular formula is C10H16O4. The fourth-order valence-corrected chi connectivity index (χ4v) is 0.831. The third-order valence-corrected chi connectivity index (χ3v) is 1.58. The van der Waals surface area contributed by atoms with Crippen molar-refractivity contribution in [2.75, 3.05) is 7.11 Å². The maximum atomic E-state index is 10.8.